The van der Waals surface area contributed by atoms with Gasteiger partial charge in [0, 0.05) is 43.1 Å². The van der Waals surface area contributed by atoms with Crippen molar-refractivity contribution in [3.63, 3.8) is 0 Å². The summed E-state index contributed by atoms with van der Waals surface area (Å²) >= 11 is 5.90. The van der Waals surface area contributed by atoms with Gasteiger partial charge in [0.25, 0.3) is 5.91 Å². The van der Waals surface area contributed by atoms with Crippen LogP contribution in [0.2, 0.25) is 5.02 Å². The molecule has 0 radical (unpaired) electrons. The zero-order valence-electron chi connectivity index (χ0n) is 17.7. The Labute approximate surface area is 191 Å². The first-order chi connectivity index (χ1) is 15.6. The maximum atomic E-state index is 12.6. The van der Waals surface area contributed by atoms with Gasteiger partial charge in [-0.2, -0.15) is 0 Å². The number of hydrogen-bond acceptors (Lipinski definition) is 7. The molecule has 2 amide bonds. The van der Waals surface area contributed by atoms with E-state index in [1.165, 1.54) is 12.3 Å². The van der Waals surface area contributed by atoms with E-state index in [1.54, 1.807) is 6.07 Å². The number of halogens is 1. The summed E-state index contributed by atoms with van der Waals surface area (Å²) in [5.41, 5.74) is 2.89. The number of rotatable bonds is 6. The minimum atomic E-state index is -0.460. The van der Waals surface area contributed by atoms with E-state index in [9.17, 15) is 9.59 Å². The molecule has 10 heteroatoms. The van der Waals surface area contributed by atoms with Crippen molar-refractivity contribution >= 4 is 40.5 Å². The van der Waals surface area contributed by atoms with Gasteiger partial charge in [0.1, 0.15) is 5.69 Å². The highest BCUT2D eigenvalue weighted by atomic mass is 35.5. The van der Waals surface area contributed by atoms with Gasteiger partial charge in [-0.15, -0.1) is 0 Å². The Morgan fingerprint density at radius 1 is 0.969 bits per heavy atom. The second kappa shape index (κ2) is 10.6. The van der Waals surface area contributed by atoms with Crippen LogP contribution in [0.3, 0.4) is 0 Å². The van der Waals surface area contributed by atoms with Gasteiger partial charge >= 0.3 is 0 Å². The molecule has 2 aromatic rings. The van der Waals surface area contributed by atoms with Crippen molar-refractivity contribution < 1.29 is 19.1 Å². The number of aromatic nitrogens is 1. The Balaban J connectivity index is 1.45. The molecule has 1 aromatic heterocycles. The van der Waals surface area contributed by atoms with Gasteiger partial charge in [-0.25, -0.2) is 0 Å². The first kappa shape index (κ1) is 22.3. The van der Waals surface area contributed by atoms with Crippen LogP contribution in [0.25, 0.3) is 0 Å². The summed E-state index contributed by atoms with van der Waals surface area (Å²) in [4.78, 5) is 33.3. The number of benzene rings is 1. The quantitative estimate of drug-likeness (QED) is 0.679. The van der Waals surface area contributed by atoms with Crippen LogP contribution < -0.4 is 20.4 Å². The second-order valence-electron chi connectivity index (χ2n) is 7.49. The first-order valence-corrected chi connectivity index (χ1v) is 11.0. The van der Waals surface area contributed by atoms with Crippen LogP contribution in [0.1, 0.15) is 10.5 Å². The fraction of sp³-hybridized carbons (Fsp3) is 0.409. The SMILES string of the molecule is O=C(CNC(=O)c1cc(Cl)ccn1)Nc1ccc(N2CCOCC2)cc1N1CCOCC1. The molecule has 3 heterocycles. The molecule has 0 spiro atoms. The number of pyridine rings is 1. The predicted octanol–water partition coefficient (Wildman–Crippen LogP) is 1.78. The lowest BCUT2D eigenvalue weighted by Crippen LogP contribution is -2.38. The molecule has 2 aliphatic heterocycles. The largest absolute Gasteiger partial charge is 0.378 e. The van der Waals surface area contributed by atoms with Gasteiger partial charge < -0.3 is 29.9 Å². The van der Waals surface area contributed by atoms with Crippen LogP contribution in [0, 0.1) is 0 Å². The summed E-state index contributed by atoms with van der Waals surface area (Å²) in [5.74, 6) is -0.785. The van der Waals surface area contributed by atoms with Gasteiger partial charge in [-0.05, 0) is 30.3 Å². The summed E-state index contributed by atoms with van der Waals surface area (Å²) in [6.45, 7) is 5.64. The second-order valence-corrected chi connectivity index (χ2v) is 7.93. The summed E-state index contributed by atoms with van der Waals surface area (Å²) in [6.07, 6.45) is 1.45. The predicted molar refractivity (Wildman–Crippen MR) is 123 cm³/mol. The van der Waals surface area contributed by atoms with Crippen molar-refractivity contribution in [2.24, 2.45) is 0 Å². The number of ether oxygens (including phenoxy) is 2. The maximum absolute atomic E-state index is 12.6. The van der Waals surface area contributed by atoms with E-state index in [2.05, 4.69) is 31.5 Å². The fourth-order valence-electron chi connectivity index (χ4n) is 3.68. The highest BCUT2D eigenvalue weighted by molar-refractivity contribution is 6.30. The first-order valence-electron chi connectivity index (χ1n) is 10.6. The maximum Gasteiger partial charge on any atom is 0.270 e. The van der Waals surface area contributed by atoms with E-state index in [-0.39, 0.29) is 18.1 Å². The third kappa shape index (κ3) is 5.67. The lowest BCUT2D eigenvalue weighted by molar-refractivity contribution is -0.115. The Hall–Kier alpha value is -2.88. The molecule has 2 fully saturated rings. The number of nitrogens with one attached hydrogen (secondary N) is 2. The molecule has 0 unspecified atom stereocenters. The third-order valence-corrected chi connectivity index (χ3v) is 5.58. The van der Waals surface area contributed by atoms with Crippen LogP contribution in [0.4, 0.5) is 17.1 Å². The summed E-state index contributed by atoms with van der Waals surface area (Å²) in [7, 11) is 0. The minimum absolute atomic E-state index is 0.161. The van der Waals surface area contributed by atoms with Gasteiger partial charge in [0.15, 0.2) is 0 Å². The van der Waals surface area contributed by atoms with Crippen LogP contribution in [0.5, 0.6) is 0 Å². The van der Waals surface area contributed by atoms with Gasteiger partial charge in [-0.3, -0.25) is 14.6 Å². The number of anilines is 3. The molecule has 0 saturated carbocycles. The molecule has 0 aliphatic carbocycles. The molecule has 2 N–H and O–H groups in total. The van der Waals surface area contributed by atoms with Gasteiger partial charge in [-0.1, -0.05) is 11.6 Å². The molecule has 32 heavy (non-hydrogen) atoms. The standard InChI is InChI=1S/C22H26ClN5O4/c23-16-3-4-24-19(13-16)22(30)25-15-21(29)26-18-2-1-17(27-5-9-31-10-6-27)14-20(18)28-7-11-32-12-8-28/h1-4,13-14H,5-12,15H2,(H,25,30)(H,26,29). The molecule has 4 rings (SSSR count). The molecular weight excluding hydrogens is 434 g/mol. The number of morpholine rings is 2. The summed E-state index contributed by atoms with van der Waals surface area (Å²) in [6, 6.07) is 9.04. The van der Waals surface area contributed by atoms with Crippen molar-refractivity contribution in [1.29, 1.82) is 0 Å². The summed E-state index contributed by atoms with van der Waals surface area (Å²) in [5, 5.41) is 5.92. The molecule has 2 aliphatic rings. The number of nitrogens with zero attached hydrogens (tertiary/aromatic N) is 3. The Kier molecular flexibility index (Phi) is 7.41. The number of carbonyl (C=O) groups excluding carboxylic acids is 2. The number of carbonyl (C=O) groups is 2. The number of hydrogen-bond donors (Lipinski definition) is 2. The summed E-state index contributed by atoms with van der Waals surface area (Å²) < 4.78 is 10.9. The van der Waals surface area contributed by atoms with Crippen molar-refractivity contribution in [3.05, 3.63) is 47.2 Å². The fourth-order valence-corrected chi connectivity index (χ4v) is 3.84. The van der Waals surface area contributed by atoms with E-state index in [0.29, 0.717) is 37.1 Å². The molecular formula is C22H26ClN5O4. The normalized spacial score (nSPS) is 16.5. The van der Waals surface area contributed by atoms with Crippen LogP contribution in [-0.2, 0) is 14.3 Å². The van der Waals surface area contributed by atoms with Crippen LogP contribution >= 0.6 is 11.6 Å². The van der Waals surface area contributed by atoms with E-state index in [1.807, 2.05) is 12.1 Å². The van der Waals surface area contributed by atoms with E-state index < -0.39 is 5.91 Å². The van der Waals surface area contributed by atoms with Crippen LogP contribution in [0.15, 0.2) is 36.5 Å². The van der Waals surface area contributed by atoms with E-state index >= 15 is 0 Å². The highest BCUT2D eigenvalue weighted by Gasteiger charge is 2.20. The minimum Gasteiger partial charge on any atom is -0.378 e. The van der Waals surface area contributed by atoms with E-state index in [4.69, 9.17) is 21.1 Å². The smallest absolute Gasteiger partial charge is 0.270 e. The zero-order chi connectivity index (χ0) is 22.3. The number of amides is 2. The lowest BCUT2D eigenvalue weighted by Gasteiger charge is -2.33. The zero-order valence-corrected chi connectivity index (χ0v) is 18.4. The Bertz CT molecular complexity index is 961. The molecule has 9 nitrogen and oxygen atoms in total. The van der Waals surface area contributed by atoms with E-state index in [0.717, 1.165) is 37.6 Å². The topological polar surface area (TPSA) is 96.0 Å². The third-order valence-electron chi connectivity index (χ3n) is 5.35. The van der Waals surface area contributed by atoms with Gasteiger partial charge in [0.05, 0.1) is 44.3 Å². The molecule has 0 atom stereocenters. The lowest BCUT2D eigenvalue weighted by atomic mass is 10.1. The van der Waals surface area contributed by atoms with Crippen LogP contribution in [-0.4, -0.2) is 75.9 Å². The van der Waals surface area contributed by atoms with Gasteiger partial charge in [0.2, 0.25) is 5.91 Å². The van der Waals surface area contributed by atoms with Crippen molar-refractivity contribution in [3.8, 4) is 0 Å². The van der Waals surface area contributed by atoms with Crippen molar-refractivity contribution in [2.75, 3.05) is 74.3 Å². The Morgan fingerprint density at radius 2 is 1.66 bits per heavy atom. The Morgan fingerprint density at radius 3 is 2.34 bits per heavy atom. The van der Waals surface area contributed by atoms with Crippen molar-refractivity contribution in [1.82, 2.24) is 10.3 Å². The molecule has 1 aromatic carbocycles. The van der Waals surface area contributed by atoms with Crippen molar-refractivity contribution in [2.45, 2.75) is 0 Å². The average Bonchev–Trinajstić information content (AvgIpc) is 2.84. The monoisotopic (exact) mass is 459 g/mol. The molecule has 0 bridgehead atoms. The molecule has 2 saturated heterocycles. The average molecular weight is 460 g/mol. The molecule has 170 valence electrons. The highest BCUT2D eigenvalue weighted by Crippen LogP contribution is 2.32.